The Morgan fingerprint density at radius 3 is 2.53 bits per heavy atom. The summed E-state index contributed by atoms with van der Waals surface area (Å²) in [7, 11) is 1.60. The summed E-state index contributed by atoms with van der Waals surface area (Å²) in [6.07, 6.45) is -2.26. The zero-order chi connectivity index (χ0) is 27.0. The van der Waals surface area contributed by atoms with Gasteiger partial charge in [0.1, 0.15) is 12.4 Å². The monoisotopic (exact) mass is 510 g/mol. The molecule has 1 atom stereocenters. The van der Waals surface area contributed by atoms with Crippen LogP contribution in [-0.4, -0.2) is 48.2 Å². The highest BCUT2D eigenvalue weighted by Gasteiger charge is 2.32. The number of amides is 1. The summed E-state index contributed by atoms with van der Waals surface area (Å²) in [5, 5.41) is 5.61. The maximum Gasteiger partial charge on any atom is 0.417 e. The minimum atomic E-state index is -4.74. The van der Waals surface area contributed by atoms with E-state index in [0.717, 1.165) is 6.07 Å². The molecule has 2 rings (SSSR count). The van der Waals surface area contributed by atoms with E-state index in [2.05, 4.69) is 21.9 Å². The molecule has 1 amide bonds. The van der Waals surface area contributed by atoms with Crippen molar-refractivity contribution in [1.82, 2.24) is 9.88 Å². The second-order valence-electron chi connectivity index (χ2n) is 7.82. The summed E-state index contributed by atoms with van der Waals surface area (Å²) in [4.78, 5) is 18.2. The third-order valence-corrected chi connectivity index (χ3v) is 5.12. The molecule has 194 valence electrons. The quantitative estimate of drug-likeness (QED) is 0.205. The molecule has 11 heteroatoms. The van der Waals surface area contributed by atoms with Crippen molar-refractivity contribution >= 4 is 17.8 Å². The number of likely N-dealkylation sites (N-methyl/N-ethyl adjacent to an activating group) is 1. The number of rotatable bonds is 8. The van der Waals surface area contributed by atoms with Crippen LogP contribution in [0.15, 0.2) is 29.5 Å². The molecule has 0 spiro atoms. The van der Waals surface area contributed by atoms with Crippen LogP contribution < -0.4 is 9.75 Å². The van der Waals surface area contributed by atoms with Crippen LogP contribution in [0.3, 0.4) is 0 Å². The van der Waals surface area contributed by atoms with Crippen molar-refractivity contribution in [3.05, 3.63) is 52.7 Å². The van der Waals surface area contributed by atoms with Gasteiger partial charge in [-0.25, -0.2) is 13.8 Å². The number of ether oxygens (including phenoxy) is 1. The predicted molar refractivity (Wildman–Crippen MR) is 127 cm³/mol. The first-order valence-electron chi connectivity index (χ1n) is 11.1. The fourth-order valence-corrected chi connectivity index (χ4v) is 3.44. The predicted octanol–water partition coefficient (Wildman–Crippen LogP) is 5.45. The Balaban J connectivity index is 2.28. The van der Waals surface area contributed by atoms with Crippen LogP contribution in [0.4, 0.5) is 27.6 Å². The van der Waals surface area contributed by atoms with E-state index in [4.69, 9.17) is 4.74 Å². The average Bonchev–Trinajstić information content (AvgIpc) is 2.80. The largest absolute Gasteiger partial charge is 0.473 e. The second kappa shape index (κ2) is 12.3. The molecular weight excluding hydrogens is 483 g/mol. The summed E-state index contributed by atoms with van der Waals surface area (Å²) in [6, 6.07) is 2.00. The van der Waals surface area contributed by atoms with Crippen molar-refractivity contribution in [2.75, 3.05) is 25.2 Å². The van der Waals surface area contributed by atoms with Gasteiger partial charge >= 0.3 is 6.18 Å². The van der Waals surface area contributed by atoms with Gasteiger partial charge in [0.05, 0.1) is 29.1 Å². The Kier molecular flexibility index (Phi) is 9.78. The first-order chi connectivity index (χ1) is 16.9. The SMILES string of the molecule is CCC#C/C=N\N(C)c1c(C)cc(F)cc1C(=O)N(CC)C(C)COc1ncc(C(F)(F)F)cc1F. The molecule has 2 aromatic rings. The van der Waals surface area contributed by atoms with E-state index in [-0.39, 0.29) is 18.7 Å². The fraction of sp³-hybridized carbons (Fsp3) is 0.400. The van der Waals surface area contributed by atoms with E-state index in [0.29, 0.717) is 29.9 Å². The third kappa shape index (κ3) is 7.16. The lowest BCUT2D eigenvalue weighted by Gasteiger charge is -2.30. The molecule has 1 heterocycles. The number of pyridine rings is 1. The fourth-order valence-electron chi connectivity index (χ4n) is 3.44. The van der Waals surface area contributed by atoms with Crippen LogP contribution >= 0.6 is 0 Å². The van der Waals surface area contributed by atoms with Crippen molar-refractivity contribution in [2.45, 2.75) is 46.3 Å². The van der Waals surface area contributed by atoms with Crippen LogP contribution in [0.25, 0.3) is 0 Å². The molecule has 0 saturated heterocycles. The molecule has 0 N–H and O–H groups in total. The summed E-state index contributed by atoms with van der Waals surface area (Å²) in [5.41, 5.74) is -0.356. The smallest absolute Gasteiger partial charge is 0.417 e. The molecule has 0 bridgehead atoms. The number of anilines is 1. The standard InChI is InChI=1S/C25H27F5N4O2/c1-6-8-9-10-32-33(5)22-16(3)11-19(26)13-20(22)24(35)34(7-2)17(4)15-36-23-21(27)12-18(14-31-23)25(28,29)30/h10-14,17H,6-7,15H2,1-5H3/b32-10-. The van der Waals surface area contributed by atoms with Crippen LogP contribution in [-0.2, 0) is 6.18 Å². The normalized spacial score (nSPS) is 12.2. The molecule has 0 radical (unpaired) electrons. The first kappa shape index (κ1) is 28.6. The van der Waals surface area contributed by atoms with E-state index in [9.17, 15) is 26.7 Å². The number of hydrazone groups is 1. The molecule has 1 aromatic carbocycles. The van der Waals surface area contributed by atoms with E-state index in [1.54, 1.807) is 27.8 Å². The van der Waals surface area contributed by atoms with Crippen molar-refractivity contribution in [3.8, 4) is 17.7 Å². The van der Waals surface area contributed by atoms with Gasteiger partial charge in [-0.15, -0.1) is 0 Å². The van der Waals surface area contributed by atoms with E-state index in [1.807, 2.05) is 6.92 Å². The van der Waals surface area contributed by atoms with E-state index < -0.39 is 41.2 Å². The first-order valence-corrected chi connectivity index (χ1v) is 11.1. The van der Waals surface area contributed by atoms with Crippen LogP contribution in [0.1, 0.15) is 48.7 Å². The lowest BCUT2D eigenvalue weighted by Crippen LogP contribution is -2.42. The maximum atomic E-state index is 14.3. The van der Waals surface area contributed by atoms with Crippen molar-refractivity contribution in [1.29, 1.82) is 0 Å². The highest BCUT2D eigenvalue weighted by atomic mass is 19.4. The Hall–Kier alpha value is -3.68. The van der Waals surface area contributed by atoms with Gasteiger partial charge in [-0.1, -0.05) is 18.8 Å². The van der Waals surface area contributed by atoms with Gasteiger partial charge in [0, 0.05) is 26.2 Å². The number of benzene rings is 1. The van der Waals surface area contributed by atoms with Gasteiger partial charge in [0.2, 0.25) is 5.88 Å². The molecular formula is C25H27F5N4O2. The number of alkyl halides is 3. The summed E-state index contributed by atoms with van der Waals surface area (Å²) < 4.78 is 71.8. The van der Waals surface area contributed by atoms with Crippen molar-refractivity contribution in [3.63, 3.8) is 0 Å². The van der Waals surface area contributed by atoms with Crippen molar-refractivity contribution < 1.29 is 31.5 Å². The molecule has 1 aromatic heterocycles. The van der Waals surface area contributed by atoms with Gasteiger partial charge in [-0.2, -0.15) is 18.3 Å². The van der Waals surface area contributed by atoms with E-state index in [1.165, 1.54) is 22.2 Å². The number of nitrogens with zero attached hydrogens (tertiary/aromatic N) is 4. The van der Waals surface area contributed by atoms with Gasteiger partial charge in [0.15, 0.2) is 5.82 Å². The number of hydrogen-bond acceptors (Lipinski definition) is 5. The minimum Gasteiger partial charge on any atom is -0.473 e. The Morgan fingerprint density at radius 1 is 1.25 bits per heavy atom. The van der Waals surface area contributed by atoms with Crippen LogP contribution in [0, 0.1) is 30.4 Å². The Morgan fingerprint density at radius 2 is 1.94 bits per heavy atom. The zero-order valence-corrected chi connectivity index (χ0v) is 20.6. The topological polar surface area (TPSA) is 58.0 Å². The minimum absolute atomic E-state index is 0.0446. The van der Waals surface area contributed by atoms with Gasteiger partial charge in [-0.3, -0.25) is 9.80 Å². The summed E-state index contributed by atoms with van der Waals surface area (Å²) in [6.45, 7) is 6.75. The maximum absolute atomic E-state index is 14.3. The van der Waals surface area contributed by atoms with E-state index >= 15 is 0 Å². The van der Waals surface area contributed by atoms with Gasteiger partial charge < -0.3 is 9.64 Å². The number of halogens is 5. The highest BCUT2D eigenvalue weighted by Crippen LogP contribution is 2.31. The van der Waals surface area contributed by atoms with Crippen LogP contribution in [0.2, 0.25) is 0 Å². The summed E-state index contributed by atoms with van der Waals surface area (Å²) in [5.74, 6) is 2.54. The molecule has 6 nitrogen and oxygen atoms in total. The average molecular weight is 511 g/mol. The lowest BCUT2D eigenvalue weighted by molar-refractivity contribution is -0.138. The molecule has 0 aliphatic rings. The Labute approximate surface area is 206 Å². The lowest BCUT2D eigenvalue weighted by atomic mass is 10.0. The Bertz CT molecular complexity index is 1170. The molecule has 0 saturated carbocycles. The molecule has 36 heavy (non-hydrogen) atoms. The van der Waals surface area contributed by atoms with Gasteiger partial charge in [0.25, 0.3) is 5.91 Å². The second-order valence-corrected chi connectivity index (χ2v) is 7.82. The van der Waals surface area contributed by atoms with Crippen molar-refractivity contribution in [2.24, 2.45) is 5.10 Å². The molecule has 0 fully saturated rings. The number of hydrogen-bond donors (Lipinski definition) is 0. The third-order valence-electron chi connectivity index (χ3n) is 5.12. The number of aryl methyl sites for hydroxylation is 1. The van der Waals surface area contributed by atoms with Gasteiger partial charge in [-0.05, 0) is 44.5 Å². The number of carbonyl (C=O) groups is 1. The zero-order valence-electron chi connectivity index (χ0n) is 20.6. The molecule has 0 aliphatic carbocycles. The molecule has 0 aliphatic heterocycles. The highest BCUT2D eigenvalue weighted by molar-refractivity contribution is 6.01. The number of aromatic nitrogens is 1. The summed E-state index contributed by atoms with van der Waals surface area (Å²) >= 11 is 0. The molecule has 1 unspecified atom stereocenters. The van der Waals surface area contributed by atoms with Crippen LogP contribution in [0.5, 0.6) is 5.88 Å². The number of carbonyl (C=O) groups excluding carboxylic acids is 1.